The maximum atomic E-state index is 12.1. The van der Waals surface area contributed by atoms with Gasteiger partial charge >= 0.3 is 0 Å². The quantitative estimate of drug-likeness (QED) is 0.743. The lowest BCUT2D eigenvalue weighted by Gasteiger charge is -2.09. The summed E-state index contributed by atoms with van der Waals surface area (Å²) in [5.41, 5.74) is 2.14. The third-order valence-corrected chi connectivity index (χ3v) is 3.39. The van der Waals surface area contributed by atoms with Gasteiger partial charge < -0.3 is 20.1 Å². The lowest BCUT2D eigenvalue weighted by atomic mass is 10.2. The van der Waals surface area contributed by atoms with E-state index in [1.165, 1.54) is 13.0 Å². The molecule has 0 fully saturated rings. The van der Waals surface area contributed by atoms with Crippen LogP contribution in [0.2, 0.25) is 0 Å². The maximum Gasteiger partial charge on any atom is 0.248 e. The Kier molecular flexibility index (Phi) is 6.79. The Morgan fingerprint density at radius 2 is 1.65 bits per heavy atom. The molecule has 0 atom stereocenters. The zero-order valence-electron chi connectivity index (χ0n) is 15.0. The first-order valence-electron chi connectivity index (χ1n) is 8.19. The molecule has 2 amide bonds. The average molecular weight is 354 g/mol. The summed E-state index contributed by atoms with van der Waals surface area (Å²) in [5, 5.41) is 5.43. The number of hydrogen-bond donors (Lipinski definition) is 2. The number of carbonyl (C=O) groups excluding carboxylic acids is 2. The summed E-state index contributed by atoms with van der Waals surface area (Å²) in [6.45, 7) is 3.86. The van der Waals surface area contributed by atoms with Crippen LogP contribution in [-0.2, 0) is 9.59 Å². The molecule has 2 rings (SSSR count). The molecular weight excluding hydrogens is 332 g/mol. The average Bonchev–Trinajstić information content (AvgIpc) is 2.62. The molecule has 0 radical (unpaired) electrons. The van der Waals surface area contributed by atoms with Crippen molar-refractivity contribution in [2.45, 2.75) is 13.8 Å². The molecule has 2 aromatic carbocycles. The molecule has 2 N–H and O–H groups in total. The Morgan fingerprint density at radius 1 is 1.00 bits per heavy atom. The van der Waals surface area contributed by atoms with Crippen LogP contribution < -0.4 is 20.1 Å². The lowest BCUT2D eigenvalue weighted by Crippen LogP contribution is -2.08. The molecule has 0 saturated heterocycles. The predicted molar refractivity (Wildman–Crippen MR) is 103 cm³/mol. The Labute approximate surface area is 152 Å². The topological polar surface area (TPSA) is 76.7 Å². The minimum absolute atomic E-state index is 0.143. The van der Waals surface area contributed by atoms with E-state index in [1.54, 1.807) is 43.5 Å². The summed E-state index contributed by atoms with van der Waals surface area (Å²) in [6, 6.07) is 12.3. The number of anilines is 2. The summed E-state index contributed by atoms with van der Waals surface area (Å²) in [5.74, 6) is 0.875. The normalized spacial score (nSPS) is 10.4. The highest BCUT2D eigenvalue weighted by atomic mass is 16.5. The maximum absolute atomic E-state index is 12.1. The van der Waals surface area contributed by atoms with Crippen molar-refractivity contribution in [1.82, 2.24) is 0 Å². The van der Waals surface area contributed by atoms with Crippen LogP contribution in [0.5, 0.6) is 11.5 Å². The largest absolute Gasteiger partial charge is 0.493 e. The predicted octanol–water partition coefficient (Wildman–Crippen LogP) is 3.70. The first kappa shape index (κ1) is 19.1. The fourth-order valence-electron chi connectivity index (χ4n) is 2.26. The van der Waals surface area contributed by atoms with Gasteiger partial charge in [0.25, 0.3) is 0 Å². The minimum atomic E-state index is -0.258. The van der Waals surface area contributed by atoms with Crippen molar-refractivity contribution in [2.75, 3.05) is 24.4 Å². The van der Waals surface area contributed by atoms with Crippen molar-refractivity contribution in [3.8, 4) is 11.5 Å². The van der Waals surface area contributed by atoms with Crippen LogP contribution in [0.3, 0.4) is 0 Å². The van der Waals surface area contributed by atoms with Crippen LogP contribution in [0.1, 0.15) is 19.4 Å². The summed E-state index contributed by atoms with van der Waals surface area (Å²) in [4.78, 5) is 23.1. The molecule has 0 spiro atoms. The highest BCUT2D eigenvalue weighted by Crippen LogP contribution is 2.28. The van der Waals surface area contributed by atoms with Crippen LogP contribution in [0.15, 0.2) is 48.5 Å². The number of ether oxygens (including phenoxy) is 2. The van der Waals surface area contributed by atoms with Gasteiger partial charge in [0, 0.05) is 24.4 Å². The van der Waals surface area contributed by atoms with Crippen LogP contribution in [-0.4, -0.2) is 25.5 Å². The fraction of sp³-hybridized carbons (Fsp3) is 0.200. The van der Waals surface area contributed by atoms with Crippen LogP contribution in [0.25, 0.3) is 6.08 Å². The first-order valence-corrected chi connectivity index (χ1v) is 8.19. The van der Waals surface area contributed by atoms with Crippen molar-refractivity contribution >= 4 is 29.3 Å². The Bertz CT molecular complexity index is 798. The molecule has 0 bridgehead atoms. The summed E-state index contributed by atoms with van der Waals surface area (Å²) in [7, 11) is 1.58. The molecule has 0 heterocycles. The second-order valence-corrected chi connectivity index (χ2v) is 5.42. The Morgan fingerprint density at radius 3 is 2.23 bits per heavy atom. The third kappa shape index (κ3) is 5.66. The van der Waals surface area contributed by atoms with Gasteiger partial charge in [0.05, 0.1) is 13.7 Å². The monoisotopic (exact) mass is 354 g/mol. The molecule has 0 unspecified atom stereocenters. The number of amides is 2. The molecular formula is C20H22N2O4. The van der Waals surface area contributed by atoms with E-state index in [1.807, 2.05) is 19.1 Å². The Hall–Kier alpha value is -3.28. The molecule has 26 heavy (non-hydrogen) atoms. The van der Waals surface area contributed by atoms with E-state index in [4.69, 9.17) is 9.47 Å². The van der Waals surface area contributed by atoms with E-state index in [2.05, 4.69) is 10.6 Å². The van der Waals surface area contributed by atoms with E-state index in [-0.39, 0.29) is 11.8 Å². The van der Waals surface area contributed by atoms with E-state index in [0.717, 1.165) is 5.56 Å². The number of nitrogens with one attached hydrogen (secondary N) is 2. The molecule has 2 aromatic rings. The third-order valence-electron chi connectivity index (χ3n) is 3.39. The zero-order valence-corrected chi connectivity index (χ0v) is 15.0. The molecule has 0 saturated carbocycles. The van der Waals surface area contributed by atoms with Gasteiger partial charge in [0.2, 0.25) is 11.8 Å². The molecule has 0 aliphatic rings. The minimum Gasteiger partial charge on any atom is -0.493 e. The van der Waals surface area contributed by atoms with Gasteiger partial charge in [-0.2, -0.15) is 0 Å². The highest BCUT2D eigenvalue weighted by molar-refractivity contribution is 6.02. The highest BCUT2D eigenvalue weighted by Gasteiger charge is 2.04. The van der Waals surface area contributed by atoms with E-state index in [0.29, 0.717) is 29.5 Å². The van der Waals surface area contributed by atoms with Crippen LogP contribution in [0.4, 0.5) is 11.4 Å². The summed E-state index contributed by atoms with van der Waals surface area (Å²) < 4.78 is 10.8. The van der Waals surface area contributed by atoms with Crippen molar-refractivity contribution in [3.63, 3.8) is 0 Å². The van der Waals surface area contributed by atoms with Gasteiger partial charge in [-0.25, -0.2) is 0 Å². The number of hydrogen-bond acceptors (Lipinski definition) is 4. The molecule has 6 heteroatoms. The fourth-order valence-corrected chi connectivity index (χ4v) is 2.26. The number of carbonyl (C=O) groups is 2. The van der Waals surface area contributed by atoms with Crippen molar-refractivity contribution in [1.29, 1.82) is 0 Å². The molecule has 0 aliphatic carbocycles. The van der Waals surface area contributed by atoms with Gasteiger partial charge in [-0.05, 0) is 55.0 Å². The van der Waals surface area contributed by atoms with Gasteiger partial charge in [-0.1, -0.05) is 6.07 Å². The molecule has 0 aromatic heterocycles. The smallest absolute Gasteiger partial charge is 0.248 e. The van der Waals surface area contributed by atoms with Gasteiger partial charge in [0.15, 0.2) is 11.5 Å². The Balaban J connectivity index is 2.00. The first-order chi connectivity index (χ1) is 12.5. The van der Waals surface area contributed by atoms with Gasteiger partial charge in [0.1, 0.15) is 0 Å². The summed E-state index contributed by atoms with van der Waals surface area (Å²) in [6.07, 6.45) is 3.14. The zero-order chi connectivity index (χ0) is 18.9. The van der Waals surface area contributed by atoms with E-state index in [9.17, 15) is 9.59 Å². The van der Waals surface area contributed by atoms with Crippen molar-refractivity contribution < 1.29 is 19.1 Å². The van der Waals surface area contributed by atoms with Gasteiger partial charge in [-0.15, -0.1) is 0 Å². The number of benzene rings is 2. The molecule has 0 aliphatic heterocycles. The van der Waals surface area contributed by atoms with Crippen molar-refractivity contribution in [3.05, 3.63) is 54.1 Å². The standard InChI is InChI=1S/C20H22N2O4/c1-4-26-19-13-15(5-11-18(19)25-3)6-12-20(24)22-17-9-7-16(8-10-17)21-14(2)23/h5-13H,4H2,1-3H3,(H,21,23)(H,22,24)/b12-6+. The SMILES string of the molecule is CCOc1cc(/C=C/C(=O)Nc2ccc(NC(C)=O)cc2)ccc1OC. The van der Waals surface area contributed by atoms with E-state index >= 15 is 0 Å². The molecule has 136 valence electrons. The second kappa shape index (κ2) is 9.27. The van der Waals surface area contributed by atoms with Crippen LogP contribution in [0, 0.1) is 0 Å². The van der Waals surface area contributed by atoms with Gasteiger partial charge in [-0.3, -0.25) is 9.59 Å². The molecule has 6 nitrogen and oxygen atoms in total. The summed E-state index contributed by atoms with van der Waals surface area (Å²) >= 11 is 0. The van der Waals surface area contributed by atoms with E-state index < -0.39 is 0 Å². The number of methoxy groups -OCH3 is 1. The van der Waals surface area contributed by atoms with Crippen molar-refractivity contribution in [2.24, 2.45) is 0 Å². The second-order valence-electron chi connectivity index (χ2n) is 5.42. The lowest BCUT2D eigenvalue weighted by molar-refractivity contribution is -0.114. The number of rotatable bonds is 7. The van der Waals surface area contributed by atoms with Crippen LogP contribution >= 0.6 is 0 Å².